The van der Waals surface area contributed by atoms with Crippen molar-refractivity contribution in [1.29, 1.82) is 0 Å². The van der Waals surface area contributed by atoms with Gasteiger partial charge in [0.15, 0.2) is 0 Å². The van der Waals surface area contributed by atoms with Gasteiger partial charge in [0.1, 0.15) is 0 Å². The van der Waals surface area contributed by atoms with Gasteiger partial charge in [-0.3, -0.25) is 4.79 Å². The zero-order valence-electron chi connectivity index (χ0n) is 11.9. The highest BCUT2D eigenvalue weighted by Crippen LogP contribution is 2.30. The van der Waals surface area contributed by atoms with E-state index in [4.69, 9.17) is 5.73 Å². The molecular formula is C14H28N2O2. The number of aliphatic hydroxyl groups excluding tert-OH is 1. The van der Waals surface area contributed by atoms with Gasteiger partial charge in [-0.15, -0.1) is 0 Å². The Kier molecular flexibility index (Phi) is 5.60. The van der Waals surface area contributed by atoms with Crippen molar-refractivity contribution in [2.75, 3.05) is 6.54 Å². The lowest BCUT2D eigenvalue weighted by Gasteiger charge is -2.35. The van der Waals surface area contributed by atoms with Crippen molar-refractivity contribution in [1.82, 2.24) is 5.32 Å². The van der Waals surface area contributed by atoms with Crippen molar-refractivity contribution >= 4 is 5.91 Å². The van der Waals surface area contributed by atoms with Crippen molar-refractivity contribution in [2.45, 2.75) is 64.5 Å². The molecule has 0 aromatic heterocycles. The second-order valence-corrected chi connectivity index (χ2v) is 6.35. The summed E-state index contributed by atoms with van der Waals surface area (Å²) in [6.45, 7) is 6.56. The van der Waals surface area contributed by atoms with E-state index in [2.05, 4.69) is 26.1 Å². The number of carbonyl (C=O) groups is 1. The fraction of sp³-hybridized carbons (Fsp3) is 0.929. The van der Waals surface area contributed by atoms with Crippen molar-refractivity contribution in [3.05, 3.63) is 0 Å². The Morgan fingerprint density at radius 1 is 1.56 bits per heavy atom. The molecule has 0 aliphatic heterocycles. The van der Waals surface area contributed by atoms with Crippen LogP contribution in [0.25, 0.3) is 0 Å². The summed E-state index contributed by atoms with van der Waals surface area (Å²) < 4.78 is 0. The monoisotopic (exact) mass is 256 g/mol. The predicted octanol–water partition coefficient (Wildman–Crippen LogP) is 1.42. The van der Waals surface area contributed by atoms with Crippen LogP contribution >= 0.6 is 0 Å². The van der Waals surface area contributed by atoms with Crippen LogP contribution in [0, 0.1) is 11.8 Å². The molecule has 0 spiro atoms. The largest absolute Gasteiger partial charge is 0.391 e. The molecule has 3 unspecified atom stereocenters. The van der Waals surface area contributed by atoms with Crippen LogP contribution in [0.3, 0.4) is 0 Å². The van der Waals surface area contributed by atoms with Gasteiger partial charge >= 0.3 is 0 Å². The zero-order chi connectivity index (χ0) is 13.8. The highest BCUT2D eigenvalue weighted by molar-refractivity contribution is 5.86. The topological polar surface area (TPSA) is 75.3 Å². The van der Waals surface area contributed by atoms with Gasteiger partial charge in [-0.05, 0) is 31.1 Å². The van der Waals surface area contributed by atoms with Gasteiger partial charge in [-0.2, -0.15) is 0 Å². The summed E-state index contributed by atoms with van der Waals surface area (Å²) in [7, 11) is 0. The highest BCUT2D eigenvalue weighted by atomic mass is 16.3. The Bertz CT molecular complexity index is 281. The van der Waals surface area contributed by atoms with Crippen LogP contribution in [0.1, 0.15) is 52.9 Å². The van der Waals surface area contributed by atoms with Crippen molar-refractivity contribution in [3.8, 4) is 0 Å². The number of amides is 1. The molecule has 18 heavy (non-hydrogen) atoms. The third-order valence-corrected chi connectivity index (χ3v) is 3.73. The maximum absolute atomic E-state index is 12.1. The highest BCUT2D eigenvalue weighted by Gasteiger charge is 2.37. The molecule has 1 rings (SSSR count). The Morgan fingerprint density at radius 2 is 2.22 bits per heavy atom. The summed E-state index contributed by atoms with van der Waals surface area (Å²) >= 11 is 0. The van der Waals surface area contributed by atoms with Gasteiger partial charge in [0.25, 0.3) is 0 Å². The lowest BCUT2D eigenvalue weighted by Crippen LogP contribution is -2.57. The van der Waals surface area contributed by atoms with E-state index in [0.29, 0.717) is 24.8 Å². The molecule has 0 aromatic carbocycles. The molecular weight excluding hydrogens is 228 g/mol. The number of nitrogens with one attached hydrogen (secondary N) is 1. The first-order valence-electron chi connectivity index (χ1n) is 7.08. The van der Waals surface area contributed by atoms with Gasteiger partial charge < -0.3 is 16.2 Å². The van der Waals surface area contributed by atoms with E-state index in [1.165, 1.54) is 0 Å². The number of nitrogens with two attached hydrogens (primary N) is 1. The molecule has 1 amide bonds. The Morgan fingerprint density at radius 3 is 2.78 bits per heavy atom. The van der Waals surface area contributed by atoms with Crippen LogP contribution < -0.4 is 11.1 Å². The minimum Gasteiger partial charge on any atom is -0.391 e. The van der Waals surface area contributed by atoms with Crippen molar-refractivity contribution in [2.24, 2.45) is 17.6 Å². The summed E-state index contributed by atoms with van der Waals surface area (Å²) in [6.07, 6.45) is 3.90. The molecule has 4 nitrogen and oxygen atoms in total. The molecule has 0 heterocycles. The van der Waals surface area contributed by atoms with Gasteiger partial charge in [0.05, 0.1) is 11.6 Å². The van der Waals surface area contributed by atoms with E-state index < -0.39 is 11.6 Å². The molecule has 4 heteroatoms. The molecule has 3 atom stereocenters. The first-order chi connectivity index (χ1) is 8.33. The van der Waals surface area contributed by atoms with Gasteiger partial charge in [-0.1, -0.05) is 33.6 Å². The van der Waals surface area contributed by atoms with Gasteiger partial charge in [-0.25, -0.2) is 0 Å². The first kappa shape index (κ1) is 15.4. The standard InChI is InChI=1S/C14H28N2O2/c1-10(2)7-12(17)9-16-13(18)14(15)6-4-5-11(3)8-14/h10-12,17H,4-9,15H2,1-3H3,(H,16,18). The van der Waals surface area contributed by atoms with Crippen LogP contribution in [0.5, 0.6) is 0 Å². The number of hydrogen-bond donors (Lipinski definition) is 3. The van der Waals surface area contributed by atoms with Crippen molar-refractivity contribution < 1.29 is 9.90 Å². The van der Waals surface area contributed by atoms with Gasteiger partial charge in [0.2, 0.25) is 5.91 Å². The van der Waals surface area contributed by atoms with Crippen molar-refractivity contribution in [3.63, 3.8) is 0 Å². The van der Waals surface area contributed by atoms with E-state index >= 15 is 0 Å². The lowest BCUT2D eigenvalue weighted by molar-refractivity contribution is -0.128. The normalized spacial score (nSPS) is 30.2. The van der Waals surface area contributed by atoms with Crippen LogP contribution in [0.15, 0.2) is 0 Å². The Balaban J connectivity index is 2.39. The molecule has 0 bridgehead atoms. The molecule has 1 saturated carbocycles. The van der Waals surface area contributed by atoms with Gasteiger partial charge in [0, 0.05) is 6.54 Å². The third-order valence-electron chi connectivity index (χ3n) is 3.73. The quantitative estimate of drug-likeness (QED) is 0.696. The first-order valence-corrected chi connectivity index (χ1v) is 7.08. The Hall–Kier alpha value is -0.610. The number of carbonyl (C=O) groups excluding carboxylic acids is 1. The van der Waals surface area contributed by atoms with E-state index in [0.717, 1.165) is 25.7 Å². The van der Waals surface area contributed by atoms with E-state index in [1.807, 2.05) is 0 Å². The molecule has 1 fully saturated rings. The molecule has 0 radical (unpaired) electrons. The van der Waals surface area contributed by atoms with Crippen LogP contribution in [-0.4, -0.2) is 29.2 Å². The minimum atomic E-state index is -0.727. The minimum absolute atomic E-state index is 0.100. The summed E-state index contributed by atoms with van der Waals surface area (Å²) in [5.74, 6) is 0.838. The fourth-order valence-corrected chi connectivity index (χ4v) is 2.81. The second-order valence-electron chi connectivity index (χ2n) is 6.35. The maximum Gasteiger partial charge on any atom is 0.240 e. The smallest absolute Gasteiger partial charge is 0.240 e. The predicted molar refractivity (Wildman–Crippen MR) is 73.0 cm³/mol. The lowest BCUT2D eigenvalue weighted by atomic mass is 9.76. The number of rotatable bonds is 5. The Labute approximate surface area is 110 Å². The number of hydrogen-bond acceptors (Lipinski definition) is 3. The second kappa shape index (κ2) is 6.53. The fourth-order valence-electron chi connectivity index (χ4n) is 2.81. The molecule has 0 aromatic rings. The zero-order valence-corrected chi connectivity index (χ0v) is 11.9. The summed E-state index contributed by atoms with van der Waals surface area (Å²) in [4.78, 5) is 12.1. The summed E-state index contributed by atoms with van der Waals surface area (Å²) in [5, 5.41) is 12.6. The van der Waals surface area contributed by atoms with E-state index in [1.54, 1.807) is 0 Å². The average molecular weight is 256 g/mol. The molecule has 1 aliphatic rings. The SMILES string of the molecule is CC(C)CC(O)CNC(=O)C1(N)CCCC(C)C1. The molecule has 0 saturated heterocycles. The molecule has 1 aliphatic carbocycles. The molecule has 106 valence electrons. The summed E-state index contributed by atoms with van der Waals surface area (Å²) in [6, 6.07) is 0. The van der Waals surface area contributed by atoms with Crippen LogP contribution in [-0.2, 0) is 4.79 Å². The third kappa shape index (κ3) is 4.58. The van der Waals surface area contributed by atoms with Crippen LogP contribution in [0.2, 0.25) is 0 Å². The number of aliphatic hydroxyl groups is 1. The van der Waals surface area contributed by atoms with E-state index in [-0.39, 0.29) is 5.91 Å². The maximum atomic E-state index is 12.1. The summed E-state index contributed by atoms with van der Waals surface area (Å²) in [5.41, 5.74) is 5.46. The molecule has 4 N–H and O–H groups in total. The van der Waals surface area contributed by atoms with E-state index in [9.17, 15) is 9.90 Å². The van der Waals surface area contributed by atoms with Crippen LogP contribution in [0.4, 0.5) is 0 Å². The average Bonchev–Trinajstić information content (AvgIpc) is 2.24.